The highest BCUT2D eigenvalue weighted by molar-refractivity contribution is 6.31. The van der Waals surface area contributed by atoms with Crippen LogP contribution in [0.1, 0.15) is 43.0 Å². The Morgan fingerprint density at radius 3 is 2.38 bits per heavy atom. The van der Waals surface area contributed by atoms with Crippen LogP contribution in [0.15, 0.2) is 83.5 Å². The van der Waals surface area contributed by atoms with E-state index in [1.165, 1.54) is 5.56 Å². The standard InChI is InChI=1S/C27H24ClNO3/c1-27(2,3)21-14-12-18(13-15-21)25-29-23(26(30)32-25)16-19-8-5-7-11-24(19)31-17-20-9-4-6-10-22(20)28/h4-16H,17H2,1-3H3/b23-16-. The number of carbonyl (C=O) groups is 1. The smallest absolute Gasteiger partial charge is 0.363 e. The van der Waals surface area contributed by atoms with Gasteiger partial charge in [-0.05, 0) is 41.3 Å². The molecule has 0 fully saturated rings. The van der Waals surface area contributed by atoms with Crippen LogP contribution in [0.3, 0.4) is 0 Å². The number of cyclic esters (lactones) is 1. The topological polar surface area (TPSA) is 47.9 Å². The Kier molecular flexibility index (Phi) is 6.15. The van der Waals surface area contributed by atoms with Gasteiger partial charge in [-0.1, -0.05) is 80.9 Å². The van der Waals surface area contributed by atoms with E-state index in [-0.39, 0.29) is 11.1 Å². The number of rotatable bonds is 5. The second-order valence-corrected chi connectivity index (χ2v) is 8.99. The quantitative estimate of drug-likeness (QED) is 0.330. The zero-order valence-electron chi connectivity index (χ0n) is 18.3. The van der Waals surface area contributed by atoms with E-state index in [2.05, 4.69) is 25.8 Å². The second kappa shape index (κ2) is 9.01. The Morgan fingerprint density at radius 1 is 0.969 bits per heavy atom. The van der Waals surface area contributed by atoms with Crippen LogP contribution in [0.2, 0.25) is 5.02 Å². The van der Waals surface area contributed by atoms with E-state index >= 15 is 0 Å². The highest BCUT2D eigenvalue weighted by atomic mass is 35.5. The van der Waals surface area contributed by atoms with E-state index in [4.69, 9.17) is 21.1 Å². The van der Waals surface area contributed by atoms with Gasteiger partial charge in [0, 0.05) is 21.7 Å². The van der Waals surface area contributed by atoms with Gasteiger partial charge in [-0.3, -0.25) is 0 Å². The number of nitrogens with zero attached hydrogens (tertiary/aromatic N) is 1. The van der Waals surface area contributed by atoms with Crippen LogP contribution in [0.5, 0.6) is 5.75 Å². The van der Waals surface area contributed by atoms with Gasteiger partial charge in [0.25, 0.3) is 0 Å². The average molecular weight is 446 g/mol. The third-order valence-electron chi connectivity index (χ3n) is 5.17. The predicted molar refractivity (Wildman–Crippen MR) is 128 cm³/mol. The molecule has 5 heteroatoms. The molecular formula is C27H24ClNO3. The molecule has 0 aromatic heterocycles. The zero-order valence-corrected chi connectivity index (χ0v) is 19.0. The molecule has 4 rings (SSSR count). The summed E-state index contributed by atoms with van der Waals surface area (Å²) in [6.45, 7) is 6.78. The molecule has 0 atom stereocenters. The van der Waals surface area contributed by atoms with Crippen LogP contribution in [0.4, 0.5) is 0 Å². The van der Waals surface area contributed by atoms with Crippen molar-refractivity contribution in [3.8, 4) is 5.75 Å². The summed E-state index contributed by atoms with van der Waals surface area (Å²) in [5.41, 5.74) is 3.86. The number of aliphatic imine (C=N–C) groups is 1. The molecule has 3 aromatic rings. The average Bonchev–Trinajstić information content (AvgIpc) is 3.14. The molecule has 4 nitrogen and oxygen atoms in total. The lowest BCUT2D eigenvalue weighted by Gasteiger charge is -2.18. The van der Waals surface area contributed by atoms with Crippen molar-refractivity contribution in [1.82, 2.24) is 0 Å². The van der Waals surface area contributed by atoms with Gasteiger partial charge in [0.1, 0.15) is 12.4 Å². The molecule has 0 amide bonds. The Hall–Kier alpha value is -3.37. The SMILES string of the molecule is CC(C)(C)c1ccc(C2=N/C(=C\c3ccccc3OCc3ccccc3Cl)C(=O)O2)cc1. The number of halogens is 1. The van der Waals surface area contributed by atoms with Crippen LogP contribution >= 0.6 is 11.6 Å². The molecule has 1 aliphatic rings. The molecule has 0 radical (unpaired) electrons. The number of hydrogen-bond donors (Lipinski definition) is 0. The first-order valence-corrected chi connectivity index (χ1v) is 10.8. The van der Waals surface area contributed by atoms with E-state index < -0.39 is 5.97 Å². The second-order valence-electron chi connectivity index (χ2n) is 8.58. The van der Waals surface area contributed by atoms with Crippen molar-refractivity contribution in [3.63, 3.8) is 0 Å². The monoisotopic (exact) mass is 445 g/mol. The van der Waals surface area contributed by atoms with Crippen molar-refractivity contribution < 1.29 is 14.3 Å². The van der Waals surface area contributed by atoms with Crippen molar-refractivity contribution in [1.29, 1.82) is 0 Å². The van der Waals surface area contributed by atoms with E-state index in [9.17, 15) is 4.79 Å². The van der Waals surface area contributed by atoms with Gasteiger partial charge in [-0.15, -0.1) is 0 Å². The fraction of sp³-hybridized carbons (Fsp3) is 0.185. The van der Waals surface area contributed by atoms with E-state index in [0.717, 1.165) is 16.7 Å². The maximum absolute atomic E-state index is 12.5. The molecule has 0 saturated carbocycles. The Labute approximate surface area is 193 Å². The molecule has 1 heterocycles. The summed E-state index contributed by atoms with van der Waals surface area (Å²) in [4.78, 5) is 16.9. The molecule has 3 aromatic carbocycles. The molecule has 32 heavy (non-hydrogen) atoms. The minimum atomic E-state index is -0.485. The van der Waals surface area contributed by atoms with Crippen LogP contribution in [0.25, 0.3) is 6.08 Å². The highest BCUT2D eigenvalue weighted by Crippen LogP contribution is 2.27. The number of benzene rings is 3. The van der Waals surface area contributed by atoms with Crippen LogP contribution in [-0.4, -0.2) is 11.9 Å². The van der Waals surface area contributed by atoms with Crippen molar-refractivity contribution in [2.45, 2.75) is 32.8 Å². The fourth-order valence-electron chi connectivity index (χ4n) is 3.29. The molecule has 1 aliphatic heterocycles. The first kappa shape index (κ1) is 21.8. The van der Waals surface area contributed by atoms with Crippen LogP contribution < -0.4 is 4.74 Å². The van der Waals surface area contributed by atoms with Gasteiger partial charge in [-0.25, -0.2) is 9.79 Å². The lowest BCUT2D eigenvalue weighted by molar-refractivity contribution is -0.129. The molecule has 0 bridgehead atoms. The summed E-state index contributed by atoms with van der Waals surface area (Å²) in [5.74, 6) is 0.447. The first-order valence-electron chi connectivity index (χ1n) is 10.4. The lowest BCUT2D eigenvalue weighted by atomic mass is 9.87. The van der Waals surface area contributed by atoms with Gasteiger partial charge in [-0.2, -0.15) is 0 Å². The fourth-order valence-corrected chi connectivity index (χ4v) is 3.49. The Bertz CT molecular complexity index is 1200. The van der Waals surface area contributed by atoms with Crippen molar-refractivity contribution in [2.24, 2.45) is 4.99 Å². The van der Waals surface area contributed by atoms with Crippen LogP contribution in [0, 0.1) is 0 Å². The summed E-state index contributed by atoms with van der Waals surface area (Å²) in [5, 5.41) is 0.648. The van der Waals surface area contributed by atoms with E-state index in [0.29, 0.717) is 23.3 Å². The predicted octanol–water partition coefficient (Wildman–Crippen LogP) is 6.56. The number of ether oxygens (including phenoxy) is 2. The van der Waals surface area contributed by atoms with Gasteiger partial charge in [0.2, 0.25) is 5.90 Å². The molecule has 162 valence electrons. The maximum Gasteiger partial charge on any atom is 0.363 e. The number of hydrogen-bond acceptors (Lipinski definition) is 4. The molecule has 0 N–H and O–H groups in total. The van der Waals surface area contributed by atoms with Crippen molar-refractivity contribution in [2.75, 3.05) is 0 Å². The summed E-state index contributed by atoms with van der Waals surface area (Å²) in [6.07, 6.45) is 1.68. The van der Waals surface area contributed by atoms with Gasteiger partial charge < -0.3 is 9.47 Å². The van der Waals surface area contributed by atoms with Gasteiger partial charge in [0.05, 0.1) is 0 Å². The Morgan fingerprint density at radius 2 is 1.66 bits per heavy atom. The third kappa shape index (κ3) is 4.92. The number of carbonyl (C=O) groups excluding carboxylic acids is 1. The summed E-state index contributed by atoms with van der Waals surface area (Å²) in [6, 6.07) is 22.9. The third-order valence-corrected chi connectivity index (χ3v) is 5.54. The summed E-state index contributed by atoms with van der Waals surface area (Å²) < 4.78 is 11.4. The van der Waals surface area contributed by atoms with Gasteiger partial charge >= 0.3 is 5.97 Å². The Balaban J connectivity index is 1.57. The molecular weight excluding hydrogens is 422 g/mol. The number of para-hydroxylation sites is 1. The van der Waals surface area contributed by atoms with Crippen molar-refractivity contribution >= 4 is 29.5 Å². The lowest BCUT2D eigenvalue weighted by Crippen LogP contribution is -2.11. The molecule has 0 spiro atoms. The minimum absolute atomic E-state index is 0.0471. The maximum atomic E-state index is 12.5. The first-order chi connectivity index (χ1) is 15.3. The largest absolute Gasteiger partial charge is 0.488 e. The van der Waals surface area contributed by atoms with Crippen molar-refractivity contribution in [3.05, 3.63) is 106 Å². The summed E-state index contributed by atoms with van der Waals surface area (Å²) in [7, 11) is 0. The highest BCUT2D eigenvalue weighted by Gasteiger charge is 2.25. The zero-order chi connectivity index (χ0) is 22.7. The number of esters is 1. The minimum Gasteiger partial charge on any atom is -0.488 e. The molecule has 0 aliphatic carbocycles. The molecule has 0 saturated heterocycles. The molecule has 0 unspecified atom stereocenters. The van der Waals surface area contributed by atoms with E-state index in [1.54, 1.807) is 6.08 Å². The van der Waals surface area contributed by atoms with Gasteiger partial charge in [0.15, 0.2) is 5.70 Å². The summed E-state index contributed by atoms with van der Waals surface area (Å²) >= 11 is 6.22. The normalized spacial score (nSPS) is 14.9. The van der Waals surface area contributed by atoms with Crippen LogP contribution in [-0.2, 0) is 21.6 Å². The van der Waals surface area contributed by atoms with E-state index in [1.807, 2.05) is 72.8 Å².